The molecule has 14 heteroatoms. The minimum Gasteiger partial charge on any atom is -0.395 e. The number of halogens is 2. The number of fused-ring (bicyclic) bond motifs is 2. The van der Waals surface area contributed by atoms with E-state index in [1.54, 1.807) is 0 Å². The van der Waals surface area contributed by atoms with Crippen molar-refractivity contribution in [2.24, 2.45) is 5.16 Å². The number of alkyl halides is 2. The minimum absolute atomic E-state index is 0.0362. The summed E-state index contributed by atoms with van der Waals surface area (Å²) in [6.07, 6.45) is -5.74. The number of aryl methyl sites for hydroxylation is 1. The van der Waals surface area contributed by atoms with Crippen molar-refractivity contribution in [1.29, 1.82) is 0 Å². The molecule has 0 radical (unpaired) electrons. The lowest BCUT2D eigenvalue weighted by Gasteiger charge is -2.25. The largest absolute Gasteiger partial charge is 0.586 e. The number of sulfonamides is 1. The Bertz CT molecular complexity index is 1110. The SMILES string of the molecule is Cc1onc(N)c1S(=O)(=O)N1C(c2ccc3c(c2)OC(F)(F)O3)=NOC2OC21. The summed E-state index contributed by atoms with van der Waals surface area (Å²) in [4.78, 5) is 4.69. The summed E-state index contributed by atoms with van der Waals surface area (Å²) in [5.41, 5.74) is 5.74. The number of nitrogen functional groups attached to an aromatic ring is 1. The second-order valence-electron chi connectivity index (χ2n) is 6.00. The van der Waals surface area contributed by atoms with Gasteiger partial charge in [-0.25, -0.2) is 12.7 Å². The van der Waals surface area contributed by atoms with Crippen molar-refractivity contribution < 1.29 is 40.8 Å². The molecular formula is C14H10F2N4O7S. The number of rotatable bonds is 3. The zero-order valence-corrected chi connectivity index (χ0v) is 14.6. The molecule has 28 heavy (non-hydrogen) atoms. The topological polar surface area (TPSA) is 142 Å². The van der Waals surface area contributed by atoms with Crippen molar-refractivity contribution >= 4 is 21.7 Å². The molecule has 4 heterocycles. The highest BCUT2D eigenvalue weighted by molar-refractivity contribution is 7.90. The van der Waals surface area contributed by atoms with Gasteiger partial charge in [0.1, 0.15) is 0 Å². The summed E-state index contributed by atoms with van der Waals surface area (Å²) in [5, 5.41) is 7.21. The average Bonchev–Trinajstić information content (AvgIpc) is 3.22. The van der Waals surface area contributed by atoms with Gasteiger partial charge in [0, 0.05) is 5.56 Å². The first-order valence-electron chi connectivity index (χ1n) is 7.73. The van der Waals surface area contributed by atoms with E-state index in [4.69, 9.17) is 19.8 Å². The fourth-order valence-corrected chi connectivity index (χ4v) is 4.60. The predicted molar refractivity (Wildman–Crippen MR) is 83.6 cm³/mol. The van der Waals surface area contributed by atoms with Crippen molar-refractivity contribution in [1.82, 2.24) is 9.46 Å². The summed E-state index contributed by atoms with van der Waals surface area (Å²) in [6, 6.07) is 3.66. The molecule has 1 aromatic carbocycles. The van der Waals surface area contributed by atoms with E-state index < -0.39 is 28.8 Å². The van der Waals surface area contributed by atoms with Gasteiger partial charge >= 0.3 is 6.29 Å². The summed E-state index contributed by atoms with van der Waals surface area (Å²) >= 11 is 0. The van der Waals surface area contributed by atoms with Crippen LogP contribution < -0.4 is 15.2 Å². The summed E-state index contributed by atoms with van der Waals surface area (Å²) in [5.74, 6) is -1.10. The third-order valence-corrected chi connectivity index (χ3v) is 6.03. The maximum atomic E-state index is 13.3. The number of ether oxygens (including phenoxy) is 3. The van der Waals surface area contributed by atoms with Crippen LogP contribution in [0.25, 0.3) is 0 Å². The number of benzene rings is 1. The molecule has 0 amide bonds. The van der Waals surface area contributed by atoms with E-state index >= 15 is 0 Å². The normalized spacial score (nSPS) is 24.4. The molecule has 1 fully saturated rings. The summed E-state index contributed by atoms with van der Waals surface area (Å²) < 4.78 is 72.5. The van der Waals surface area contributed by atoms with Crippen molar-refractivity contribution in [2.45, 2.75) is 30.6 Å². The van der Waals surface area contributed by atoms with Gasteiger partial charge in [-0.2, -0.15) is 0 Å². The number of hydrogen-bond acceptors (Lipinski definition) is 10. The van der Waals surface area contributed by atoms with E-state index in [1.807, 2.05) is 0 Å². The standard InChI is InChI=1S/C14H10F2N4O7S/c1-5-9(10(17)18-26-5)28(21,22)20-11(19-27-13-12(20)23-13)6-2-3-7-8(4-6)25-14(15,16)24-7/h2-4,12-13H,1H3,(H2,17,18). The Hall–Kier alpha value is -3.13. The van der Waals surface area contributed by atoms with Crippen LogP contribution in [0, 0.1) is 6.92 Å². The maximum Gasteiger partial charge on any atom is 0.586 e. The van der Waals surface area contributed by atoms with Gasteiger partial charge in [0.05, 0.1) is 0 Å². The average molecular weight is 416 g/mol. The molecule has 2 aromatic rings. The Morgan fingerprint density at radius 3 is 2.71 bits per heavy atom. The molecule has 3 aliphatic rings. The molecule has 148 valence electrons. The molecule has 2 atom stereocenters. The van der Waals surface area contributed by atoms with Crippen LogP contribution in [0.3, 0.4) is 0 Å². The smallest absolute Gasteiger partial charge is 0.395 e. The van der Waals surface area contributed by atoms with Crippen LogP contribution in [0.1, 0.15) is 11.3 Å². The monoisotopic (exact) mass is 416 g/mol. The Kier molecular flexibility index (Phi) is 3.17. The number of anilines is 1. The van der Waals surface area contributed by atoms with Gasteiger partial charge in [0.25, 0.3) is 16.3 Å². The Morgan fingerprint density at radius 1 is 1.25 bits per heavy atom. The van der Waals surface area contributed by atoms with Crippen LogP contribution in [0.2, 0.25) is 0 Å². The van der Waals surface area contributed by atoms with Gasteiger partial charge < -0.3 is 29.3 Å². The van der Waals surface area contributed by atoms with Gasteiger partial charge in [-0.15, -0.1) is 8.78 Å². The Morgan fingerprint density at radius 2 is 2.00 bits per heavy atom. The first-order valence-corrected chi connectivity index (χ1v) is 9.17. The second-order valence-corrected chi connectivity index (χ2v) is 7.75. The number of amidine groups is 1. The van der Waals surface area contributed by atoms with Gasteiger partial charge in [0.15, 0.2) is 33.8 Å². The molecule has 11 nitrogen and oxygen atoms in total. The highest BCUT2D eigenvalue weighted by atomic mass is 32.2. The highest BCUT2D eigenvalue weighted by Gasteiger charge is 2.57. The third-order valence-electron chi connectivity index (χ3n) is 4.12. The quantitative estimate of drug-likeness (QED) is 0.724. The number of nitrogens with two attached hydrogens (primary N) is 1. The van der Waals surface area contributed by atoms with Gasteiger partial charge in [-0.05, 0) is 25.1 Å². The lowest BCUT2D eigenvalue weighted by atomic mass is 10.2. The van der Waals surface area contributed by atoms with Crippen LogP contribution in [-0.2, 0) is 19.6 Å². The fraction of sp³-hybridized carbons (Fsp3) is 0.286. The Labute approximate surface area is 155 Å². The molecule has 1 aromatic heterocycles. The van der Waals surface area contributed by atoms with Gasteiger partial charge in [-0.1, -0.05) is 10.3 Å². The molecule has 2 N–H and O–H groups in total. The minimum atomic E-state index is -4.33. The molecule has 3 aliphatic heterocycles. The molecular weight excluding hydrogens is 406 g/mol. The maximum absolute atomic E-state index is 13.3. The van der Waals surface area contributed by atoms with E-state index in [2.05, 4.69) is 19.8 Å². The first-order chi connectivity index (χ1) is 13.2. The number of hydrogen-bond donors (Lipinski definition) is 1. The molecule has 2 unspecified atom stereocenters. The van der Waals surface area contributed by atoms with Gasteiger partial charge in [0.2, 0.25) is 6.23 Å². The number of nitrogens with zero attached hydrogens (tertiary/aromatic N) is 3. The van der Waals surface area contributed by atoms with E-state index in [0.29, 0.717) is 0 Å². The lowest BCUT2D eigenvalue weighted by molar-refractivity contribution is -0.286. The van der Waals surface area contributed by atoms with Crippen molar-refractivity contribution in [2.75, 3.05) is 5.73 Å². The third kappa shape index (κ3) is 2.37. The molecule has 0 bridgehead atoms. The van der Waals surface area contributed by atoms with Crippen LogP contribution >= 0.6 is 0 Å². The van der Waals surface area contributed by atoms with Crippen LogP contribution in [0.4, 0.5) is 14.6 Å². The van der Waals surface area contributed by atoms with Crippen LogP contribution in [0.5, 0.6) is 11.5 Å². The van der Waals surface area contributed by atoms with Crippen molar-refractivity contribution in [3.63, 3.8) is 0 Å². The van der Waals surface area contributed by atoms with E-state index in [-0.39, 0.29) is 39.4 Å². The van der Waals surface area contributed by atoms with Crippen LogP contribution in [0.15, 0.2) is 32.8 Å². The molecule has 5 rings (SSSR count). The summed E-state index contributed by atoms with van der Waals surface area (Å²) in [6.45, 7) is 1.38. The lowest BCUT2D eigenvalue weighted by Crippen LogP contribution is -2.43. The molecule has 1 saturated heterocycles. The molecule has 0 saturated carbocycles. The van der Waals surface area contributed by atoms with E-state index in [0.717, 1.165) is 10.4 Å². The van der Waals surface area contributed by atoms with E-state index in [9.17, 15) is 17.2 Å². The van der Waals surface area contributed by atoms with Crippen LogP contribution in [-0.4, -0.2) is 42.5 Å². The zero-order chi connectivity index (χ0) is 19.8. The first kappa shape index (κ1) is 17.0. The highest BCUT2D eigenvalue weighted by Crippen LogP contribution is 2.43. The number of epoxide rings is 1. The molecule has 0 spiro atoms. The van der Waals surface area contributed by atoms with Crippen molar-refractivity contribution in [3.05, 3.63) is 29.5 Å². The van der Waals surface area contributed by atoms with E-state index in [1.165, 1.54) is 19.1 Å². The van der Waals surface area contributed by atoms with Gasteiger partial charge in [-0.3, -0.25) is 0 Å². The number of oxime groups is 1. The van der Waals surface area contributed by atoms with Crippen molar-refractivity contribution in [3.8, 4) is 11.5 Å². The number of aromatic nitrogens is 1. The predicted octanol–water partition coefficient (Wildman–Crippen LogP) is 0.952. The molecule has 0 aliphatic carbocycles. The second kappa shape index (κ2) is 5.23. The zero-order valence-electron chi connectivity index (χ0n) is 13.8. The fourth-order valence-electron chi connectivity index (χ4n) is 2.91. The summed E-state index contributed by atoms with van der Waals surface area (Å²) in [7, 11) is -4.33. The Balaban J connectivity index is 1.60.